The Labute approximate surface area is 129 Å². The molecule has 0 spiro atoms. The van der Waals surface area contributed by atoms with Crippen LogP contribution in [0.2, 0.25) is 0 Å². The molecular weight excluding hydrogens is 290 g/mol. The molecule has 1 aliphatic heterocycles. The fraction of sp³-hybridized carbons (Fsp3) is 0.643. The minimum atomic E-state index is -0.425. The molecule has 0 amide bonds. The Morgan fingerprint density at radius 2 is 2.00 bits per heavy atom. The molecule has 0 aromatic carbocycles. The molecule has 118 valence electrons. The average Bonchev–Trinajstić information content (AvgIpc) is 2.76. The minimum absolute atomic E-state index is 0.0156. The van der Waals surface area contributed by atoms with E-state index in [0.717, 1.165) is 30.9 Å². The van der Waals surface area contributed by atoms with Gasteiger partial charge in [0.2, 0.25) is 0 Å². The fourth-order valence-electron chi connectivity index (χ4n) is 2.32. The maximum Gasteiger partial charge on any atom is 0.350 e. The SMILES string of the molecule is COC(=O)c1sc(N2CCC(N)CC2)c(OC(C)C)c1N. The number of anilines is 2. The zero-order valence-corrected chi connectivity index (χ0v) is 13.5. The molecule has 4 N–H and O–H groups in total. The molecule has 0 unspecified atom stereocenters. The third-order valence-corrected chi connectivity index (χ3v) is 4.66. The number of thiophene rings is 1. The molecular formula is C14H23N3O3S. The lowest BCUT2D eigenvalue weighted by Gasteiger charge is -2.31. The molecule has 2 heterocycles. The van der Waals surface area contributed by atoms with Crippen LogP contribution < -0.4 is 21.1 Å². The summed E-state index contributed by atoms with van der Waals surface area (Å²) in [6, 6.07) is 0.244. The first-order valence-corrected chi connectivity index (χ1v) is 7.93. The van der Waals surface area contributed by atoms with Gasteiger partial charge in [0.1, 0.15) is 15.6 Å². The predicted octanol–water partition coefficient (Wildman–Crippen LogP) is 1.83. The van der Waals surface area contributed by atoms with Gasteiger partial charge in [-0.2, -0.15) is 0 Å². The molecule has 6 nitrogen and oxygen atoms in total. The summed E-state index contributed by atoms with van der Waals surface area (Å²) < 4.78 is 10.6. The van der Waals surface area contributed by atoms with Gasteiger partial charge in [-0.15, -0.1) is 11.3 Å². The van der Waals surface area contributed by atoms with Gasteiger partial charge < -0.3 is 25.8 Å². The van der Waals surface area contributed by atoms with Crippen LogP contribution in [-0.4, -0.2) is 38.3 Å². The Hall–Kier alpha value is -1.47. The highest BCUT2D eigenvalue weighted by Crippen LogP contribution is 2.46. The topological polar surface area (TPSA) is 90.8 Å². The van der Waals surface area contributed by atoms with Crippen LogP contribution >= 0.6 is 11.3 Å². The fourth-order valence-corrected chi connectivity index (χ4v) is 3.45. The number of methoxy groups -OCH3 is 1. The summed E-state index contributed by atoms with van der Waals surface area (Å²) in [5.41, 5.74) is 12.4. The van der Waals surface area contributed by atoms with E-state index in [1.54, 1.807) is 0 Å². The molecule has 2 rings (SSSR count). The van der Waals surface area contributed by atoms with E-state index >= 15 is 0 Å². The third kappa shape index (κ3) is 3.41. The molecule has 7 heteroatoms. The molecule has 1 aliphatic rings. The summed E-state index contributed by atoms with van der Waals surface area (Å²) in [4.78, 5) is 14.4. The number of piperidine rings is 1. The van der Waals surface area contributed by atoms with E-state index in [0.29, 0.717) is 16.3 Å². The zero-order chi connectivity index (χ0) is 15.6. The number of carbonyl (C=O) groups is 1. The van der Waals surface area contributed by atoms with Crippen molar-refractivity contribution >= 4 is 28.0 Å². The second-order valence-corrected chi connectivity index (χ2v) is 6.46. The Kier molecular flexibility index (Phi) is 4.95. The number of nitrogens with zero attached hydrogens (tertiary/aromatic N) is 1. The quantitative estimate of drug-likeness (QED) is 0.824. The number of ether oxygens (including phenoxy) is 2. The van der Waals surface area contributed by atoms with E-state index in [1.165, 1.54) is 18.4 Å². The van der Waals surface area contributed by atoms with Crippen LogP contribution in [0.4, 0.5) is 10.7 Å². The van der Waals surface area contributed by atoms with Gasteiger partial charge in [-0.1, -0.05) is 0 Å². The van der Waals surface area contributed by atoms with E-state index < -0.39 is 5.97 Å². The number of carbonyl (C=O) groups excluding carboxylic acids is 1. The smallest absolute Gasteiger partial charge is 0.350 e. The maximum atomic E-state index is 11.8. The van der Waals surface area contributed by atoms with Gasteiger partial charge in [-0.3, -0.25) is 0 Å². The highest BCUT2D eigenvalue weighted by molar-refractivity contribution is 7.19. The van der Waals surface area contributed by atoms with Crippen LogP contribution in [0.1, 0.15) is 36.4 Å². The molecule has 0 aliphatic carbocycles. The van der Waals surface area contributed by atoms with E-state index in [-0.39, 0.29) is 12.1 Å². The summed E-state index contributed by atoms with van der Waals surface area (Å²) in [5, 5.41) is 0.897. The van der Waals surface area contributed by atoms with Crippen molar-refractivity contribution in [3.8, 4) is 5.75 Å². The Morgan fingerprint density at radius 3 is 2.52 bits per heavy atom. The van der Waals surface area contributed by atoms with Crippen molar-refractivity contribution in [3.63, 3.8) is 0 Å². The van der Waals surface area contributed by atoms with E-state index in [2.05, 4.69) is 4.90 Å². The van der Waals surface area contributed by atoms with Crippen LogP contribution in [0.3, 0.4) is 0 Å². The molecule has 0 bridgehead atoms. The summed E-state index contributed by atoms with van der Waals surface area (Å²) in [6.45, 7) is 5.56. The lowest BCUT2D eigenvalue weighted by atomic mass is 10.1. The molecule has 1 fully saturated rings. The van der Waals surface area contributed by atoms with Crippen LogP contribution in [0.25, 0.3) is 0 Å². The van der Waals surface area contributed by atoms with Gasteiger partial charge in [-0.25, -0.2) is 4.79 Å². The number of hydrogen-bond acceptors (Lipinski definition) is 7. The van der Waals surface area contributed by atoms with E-state index in [9.17, 15) is 4.79 Å². The van der Waals surface area contributed by atoms with Gasteiger partial charge in [0.05, 0.1) is 13.2 Å². The van der Waals surface area contributed by atoms with Crippen molar-refractivity contribution in [1.29, 1.82) is 0 Å². The molecule has 0 atom stereocenters. The molecule has 21 heavy (non-hydrogen) atoms. The number of hydrogen-bond donors (Lipinski definition) is 2. The monoisotopic (exact) mass is 313 g/mol. The Morgan fingerprint density at radius 1 is 1.38 bits per heavy atom. The zero-order valence-electron chi connectivity index (χ0n) is 12.7. The maximum absolute atomic E-state index is 11.8. The van der Waals surface area contributed by atoms with Crippen LogP contribution in [0.5, 0.6) is 5.75 Å². The molecule has 0 radical (unpaired) electrons. The highest BCUT2D eigenvalue weighted by atomic mass is 32.1. The van der Waals surface area contributed by atoms with Crippen molar-refractivity contribution in [1.82, 2.24) is 0 Å². The van der Waals surface area contributed by atoms with Gasteiger partial charge in [-0.05, 0) is 26.7 Å². The second-order valence-electron chi connectivity index (χ2n) is 5.46. The number of rotatable bonds is 4. The van der Waals surface area contributed by atoms with Crippen molar-refractivity contribution in [2.75, 3.05) is 30.8 Å². The summed E-state index contributed by atoms with van der Waals surface area (Å²) in [5.74, 6) is 0.164. The van der Waals surface area contributed by atoms with Crippen molar-refractivity contribution < 1.29 is 14.3 Å². The molecule has 1 aromatic rings. The van der Waals surface area contributed by atoms with Crippen molar-refractivity contribution in [2.45, 2.75) is 38.8 Å². The van der Waals surface area contributed by atoms with Gasteiger partial charge >= 0.3 is 5.97 Å². The normalized spacial score (nSPS) is 16.3. The van der Waals surface area contributed by atoms with Gasteiger partial charge in [0, 0.05) is 19.1 Å². The summed E-state index contributed by atoms with van der Waals surface area (Å²) >= 11 is 1.33. The average molecular weight is 313 g/mol. The Balaban J connectivity index is 2.35. The lowest BCUT2D eigenvalue weighted by Crippen LogP contribution is -2.39. The third-order valence-electron chi connectivity index (χ3n) is 3.43. The minimum Gasteiger partial charge on any atom is -0.486 e. The molecule has 1 saturated heterocycles. The first-order valence-electron chi connectivity index (χ1n) is 7.11. The lowest BCUT2D eigenvalue weighted by molar-refractivity contribution is 0.0607. The standard InChI is InChI=1S/C14H23N3O3S/c1-8(2)20-11-10(16)12(14(18)19-3)21-13(11)17-6-4-9(15)5-7-17/h8-9H,4-7,15-16H2,1-3H3. The Bertz CT molecular complexity index is 508. The largest absolute Gasteiger partial charge is 0.486 e. The van der Waals surface area contributed by atoms with Crippen LogP contribution in [0.15, 0.2) is 0 Å². The van der Waals surface area contributed by atoms with Gasteiger partial charge in [0.15, 0.2) is 5.75 Å². The summed E-state index contributed by atoms with van der Waals surface area (Å²) in [7, 11) is 1.35. The number of nitrogen functional groups attached to an aromatic ring is 1. The highest BCUT2D eigenvalue weighted by Gasteiger charge is 2.28. The molecule has 0 saturated carbocycles. The van der Waals surface area contributed by atoms with E-state index in [4.69, 9.17) is 20.9 Å². The second kappa shape index (κ2) is 6.53. The summed E-state index contributed by atoms with van der Waals surface area (Å²) in [6.07, 6.45) is 1.83. The molecule has 1 aromatic heterocycles. The van der Waals surface area contributed by atoms with Gasteiger partial charge in [0.25, 0.3) is 0 Å². The van der Waals surface area contributed by atoms with Crippen molar-refractivity contribution in [3.05, 3.63) is 4.88 Å². The van der Waals surface area contributed by atoms with Crippen LogP contribution in [0, 0.1) is 0 Å². The number of nitrogens with two attached hydrogens (primary N) is 2. The first kappa shape index (κ1) is 15.9. The van der Waals surface area contributed by atoms with Crippen LogP contribution in [-0.2, 0) is 4.74 Å². The predicted molar refractivity (Wildman–Crippen MR) is 85.3 cm³/mol. The van der Waals surface area contributed by atoms with Crippen molar-refractivity contribution in [2.24, 2.45) is 5.73 Å². The first-order chi connectivity index (χ1) is 9.93. The number of esters is 1. The van der Waals surface area contributed by atoms with E-state index in [1.807, 2.05) is 13.8 Å².